The third kappa shape index (κ3) is 4.15. The average molecular weight is 288 g/mol. The van der Waals surface area contributed by atoms with Gasteiger partial charge in [-0.2, -0.15) is 4.98 Å². The molecule has 0 radical (unpaired) electrons. The fourth-order valence-corrected chi connectivity index (χ4v) is 2.03. The van der Waals surface area contributed by atoms with E-state index in [1.807, 2.05) is 24.3 Å². The summed E-state index contributed by atoms with van der Waals surface area (Å²) in [6.07, 6.45) is 4.13. The van der Waals surface area contributed by atoms with E-state index in [0.717, 1.165) is 37.1 Å². The predicted molar refractivity (Wildman–Crippen MR) is 84.5 cm³/mol. The minimum Gasteiger partial charge on any atom is -0.354 e. The number of para-hydroxylation sites is 1. The van der Waals surface area contributed by atoms with Crippen molar-refractivity contribution < 1.29 is 4.39 Å². The molecule has 0 aliphatic heterocycles. The van der Waals surface area contributed by atoms with Gasteiger partial charge in [0.2, 0.25) is 5.95 Å². The Morgan fingerprint density at radius 1 is 1.14 bits per heavy atom. The number of nitrogens with zero attached hydrogens (tertiary/aromatic N) is 2. The van der Waals surface area contributed by atoms with Crippen molar-refractivity contribution in [2.75, 3.05) is 17.2 Å². The Bertz CT molecular complexity index is 586. The number of hydrogen-bond acceptors (Lipinski definition) is 4. The van der Waals surface area contributed by atoms with Gasteiger partial charge >= 0.3 is 0 Å². The normalized spacial score (nSPS) is 10.4. The maximum atomic E-state index is 13.9. The monoisotopic (exact) mass is 288 g/mol. The number of nitrogens with one attached hydrogen (secondary N) is 2. The summed E-state index contributed by atoms with van der Waals surface area (Å²) >= 11 is 0. The van der Waals surface area contributed by atoms with Gasteiger partial charge in [-0.05, 0) is 24.5 Å². The van der Waals surface area contributed by atoms with E-state index in [2.05, 4.69) is 34.4 Å². The first-order chi connectivity index (χ1) is 10.2. The SMILES string of the molecule is CCCNc1ncc(F)c(Nc2ccccc2CCC)n1. The summed E-state index contributed by atoms with van der Waals surface area (Å²) in [6, 6.07) is 7.89. The summed E-state index contributed by atoms with van der Waals surface area (Å²) in [5.41, 5.74) is 2.04. The number of rotatable bonds is 7. The first-order valence-electron chi connectivity index (χ1n) is 7.36. The number of anilines is 3. The summed E-state index contributed by atoms with van der Waals surface area (Å²) in [7, 11) is 0. The van der Waals surface area contributed by atoms with Gasteiger partial charge in [0.15, 0.2) is 11.6 Å². The summed E-state index contributed by atoms with van der Waals surface area (Å²) in [5, 5.41) is 6.13. The van der Waals surface area contributed by atoms with E-state index < -0.39 is 5.82 Å². The molecule has 5 heteroatoms. The molecule has 0 unspecified atom stereocenters. The van der Waals surface area contributed by atoms with E-state index in [4.69, 9.17) is 0 Å². The van der Waals surface area contributed by atoms with Crippen molar-refractivity contribution in [2.24, 2.45) is 0 Å². The minimum absolute atomic E-state index is 0.201. The van der Waals surface area contributed by atoms with Crippen LogP contribution in [0.15, 0.2) is 30.5 Å². The van der Waals surface area contributed by atoms with E-state index in [0.29, 0.717) is 5.95 Å². The zero-order chi connectivity index (χ0) is 15.1. The van der Waals surface area contributed by atoms with Gasteiger partial charge in [0.05, 0.1) is 6.20 Å². The second-order valence-corrected chi connectivity index (χ2v) is 4.85. The van der Waals surface area contributed by atoms with Crippen molar-refractivity contribution in [1.29, 1.82) is 0 Å². The van der Waals surface area contributed by atoms with E-state index >= 15 is 0 Å². The van der Waals surface area contributed by atoms with Gasteiger partial charge in [0.25, 0.3) is 0 Å². The lowest BCUT2D eigenvalue weighted by Gasteiger charge is -2.12. The van der Waals surface area contributed by atoms with Gasteiger partial charge < -0.3 is 10.6 Å². The number of halogens is 1. The van der Waals surface area contributed by atoms with Crippen molar-refractivity contribution in [3.63, 3.8) is 0 Å². The highest BCUT2D eigenvalue weighted by Gasteiger charge is 2.09. The van der Waals surface area contributed by atoms with Crippen molar-refractivity contribution in [2.45, 2.75) is 33.1 Å². The fourth-order valence-electron chi connectivity index (χ4n) is 2.03. The largest absolute Gasteiger partial charge is 0.354 e. The smallest absolute Gasteiger partial charge is 0.224 e. The molecule has 1 aromatic heterocycles. The average Bonchev–Trinajstić information content (AvgIpc) is 2.50. The van der Waals surface area contributed by atoms with E-state index in [-0.39, 0.29) is 5.82 Å². The maximum absolute atomic E-state index is 13.9. The lowest BCUT2D eigenvalue weighted by atomic mass is 10.1. The molecule has 0 spiro atoms. The highest BCUT2D eigenvalue weighted by molar-refractivity contribution is 5.61. The molecule has 0 aliphatic rings. The van der Waals surface area contributed by atoms with Crippen LogP contribution >= 0.6 is 0 Å². The third-order valence-electron chi connectivity index (χ3n) is 3.07. The minimum atomic E-state index is -0.455. The first-order valence-corrected chi connectivity index (χ1v) is 7.36. The van der Waals surface area contributed by atoms with Crippen LogP contribution in [0.1, 0.15) is 32.3 Å². The van der Waals surface area contributed by atoms with Crippen LogP contribution in [0.2, 0.25) is 0 Å². The molecule has 0 aliphatic carbocycles. The van der Waals surface area contributed by atoms with Crippen LogP contribution in [0, 0.1) is 5.82 Å². The molecule has 112 valence electrons. The van der Waals surface area contributed by atoms with Gasteiger partial charge in [-0.3, -0.25) is 0 Å². The molecule has 21 heavy (non-hydrogen) atoms. The van der Waals surface area contributed by atoms with Crippen LogP contribution in [0.5, 0.6) is 0 Å². The zero-order valence-corrected chi connectivity index (χ0v) is 12.5. The van der Waals surface area contributed by atoms with Crippen LogP contribution < -0.4 is 10.6 Å². The lowest BCUT2D eigenvalue weighted by molar-refractivity contribution is 0.619. The fraction of sp³-hybridized carbons (Fsp3) is 0.375. The van der Waals surface area contributed by atoms with E-state index in [9.17, 15) is 4.39 Å². The zero-order valence-electron chi connectivity index (χ0n) is 12.5. The summed E-state index contributed by atoms with van der Waals surface area (Å²) < 4.78 is 13.9. The number of aromatic nitrogens is 2. The molecular weight excluding hydrogens is 267 g/mol. The molecular formula is C16H21FN4. The van der Waals surface area contributed by atoms with Gasteiger partial charge in [0.1, 0.15) is 0 Å². The number of aryl methyl sites for hydroxylation is 1. The standard InChI is InChI=1S/C16H21FN4/c1-3-7-12-8-5-6-9-14(12)20-15-13(17)11-19-16(21-15)18-10-4-2/h5-6,8-9,11H,3-4,7,10H2,1-2H3,(H2,18,19,20,21). The van der Waals surface area contributed by atoms with Crippen molar-refractivity contribution in [1.82, 2.24) is 9.97 Å². The van der Waals surface area contributed by atoms with Crippen LogP contribution in [-0.4, -0.2) is 16.5 Å². The molecule has 1 heterocycles. The van der Waals surface area contributed by atoms with E-state index in [1.54, 1.807) is 0 Å². The highest BCUT2D eigenvalue weighted by Crippen LogP contribution is 2.23. The molecule has 0 amide bonds. The molecule has 0 saturated carbocycles. The van der Waals surface area contributed by atoms with Gasteiger partial charge in [-0.1, -0.05) is 38.5 Å². The quantitative estimate of drug-likeness (QED) is 0.804. The third-order valence-corrected chi connectivity index (χ3v) is 3.07. The second-order valence-electron chi connectivity index (χ2n) is 4.85. The van der Waals surface area contributed by atoms with E-state index in [1.165, 1.54) is 6.20 Å². The van der Waals surface area contributed by atoms with Crippen LogP contribution in [0.25, 0.3) is 0 Å². The van der Waals surface area contributed by atoms with Crippen molar-refractivity contribution in [3.05, 3.63) is 41.8 Å². The van der Waals surface area contributed by atoms with Gasteiger partial charge in [-0.25, -0.2) is 9.37 Å². The van der Waals surface area contributed by atoms with Crippen molar-refractivity contribution in [3.8, 4) is 0 Å². The van der Waals surface area contributed by atoms with Crippen LogP contribution in [0.4, 0.5) is 21.8 Å². The molecule has 2 aromatic rings. The first kappa shape index (κ1) is 15.2. The Labute approximate surface area is 124 Å². The molecule has 1 aromatic carbocycles. The Morgan fingerprint density at radius 2 is 1.95 bits per heavy atom. The Hall–Kier alpha value is -2.17. The maximum Gasteiger partial charge on any atom is 0.224 e. The Kier molecular flexibility index (Phi) is 5.49. The predicted octanol–water partition coefficient (Wildman–Crippen LogP) is 4.13. The summed E-state index contributed by atoms with van der Waals surface area (Å²) in [5.74, 6) is 0.184. The lowest BCUT2D eigenvalue weighted by Crippen LogP contribution is -2.07. The molecule has 2 rings (SSSR count). The highest BCUT2D eigenvalue weighted by atomic mass is 19.1. The van der Waals surface area contributed by atoms with Crippen LogP contribution in [-0.2, 0) is 6.42 Å². The Morgan fingerprint density at radius 3 is 2.71 bits per heavy atom. The molecule has 0 fully saturated rings. The molecule has 0 atom stereocenters. The second kappa shape index (κ2) is 7.57. The number of benzene rings is 1. The molecule has 0 saturated heterocycles. The Balaban J connectivity index is 2.22. The molecule has 0 bridgehead atoms. The van der Waals surface area contributed by atoms with Crippen LogP contribution in [0.3, 0.4) is 0 Å². The summed E-state index contributed by atoms with van der Waals surface area (Å²) in [4.78, 5) is 8.14. The molecule has 4 nitrogen and oxygen atoms in total. The van der Waals surface area contributed by atoms with Crippen molar-refractivity contribution >= 4 is 17.5 Å². The summed E-state index contributed by atoms with van der Waals surface area (Å²) in [6.45, 7) is 4.93. The molecule has 2 N–H and O–H groups in total. The van der Waals surface area contributed by atoms with Gasteiger partial charge in [0, 0.05) is 12.2 Å². The van der Waals surface area contributed by atoms with Gasteiger partial charge in [-0.15, -0.1) is 0 Å². The topological polar surface area (TPSA) is 49.8 Å². The number of hydrogen-bond donors (Lipinski definition) is 2.